The van der Waals surface area contributed by atoms with Gasteiger partial charge in [0.25, 0.3) is 0 Å². The molecule has 5 heteroatoms. The maximum atomic E-state index is 4.05. The van der Waals surface area contributed by atoms with Gasteiger partial charge in [0.05, 0.1) is 12.2 Å². The van der Waals surface area contributed by atoms with Gasteiger partial charge in [-0.2, -0.15) is 0 Å². The number of pyridine rings is 1. The minimum Gasteiger partial charge on any atom is -0.292 e. The highest BCUT2D eigenvalue weighted by molar-refractivity contribution is 5.15. The molecule has 3 heterocycles. The number of nitrogens with zero attached hydrogens (tertiary/aromatic N) is 5. The molecule has 0 amide bonds. The van der Waals surface area contributed by atoms with E-state index in [2.05, 4.69) is 39.3 Å². The second-order valence-electron chi connectivity index (χ2n) is 4.45. The van der Waals surface area contributed by atoms with Crippen LogP contribution in [0.3, 0.4) is 0 Å². The predicted molar refractivity (Wildman–Crippen MR) is 63.3 cm³/mol. The summed E-state index contributed by atoms with van der Waals surface area (Å²) in [5.74, 6) is 0. The molecule has 1 fully saturated rings. The van der Waals surface area contributed by atoms with Crippen LogP contribution in [0.2, 0.25) is 0 Å². The number of hydrogen-bond acceptors (Lipinski definition) is 4. The number of hydrogen-bond donors (Lipinski definition) is 0. The molecular weight excluding hydrogens is 214 g/mol. The number of likely N-dealkylation sites (tertiary alicyclic amines) is 1. The SMILES string of the molecule is CC(c1ccncc1)N1CC(n2ccnn2)C1. The summed E-state index contributed by atoms with van der Waals surface area (Å²) in [6.45, 7) is 4.30. The minimum absolute atomic E-state index is 0.442. The first-order chi connectivity index (χ1) is 8.34. The maximum Gasteiger partial charge on any atom is 0.0790 e. The summed E-state index contributed by atoms with van der Waals surface area (Å²) in [5.41, 5.74) is 1.32. The van der Waals surface area contributed by atoms with Gasteiger partial charge < -0.3 is 0 Å². The Labute approximate surface area is 100 Å². The van der Waals surface area contributed by atoms with Crippen molar-refractivity contribution in [1.82, 2.24) is 24.9 Å². The third-order valence-electron chi connectivity index (χ3n) is 3.44. The second-order valence-corrected chi connectivity index (χ2v) is 4.45. The van der Waals surface area contributed by atoms with Gasteiger partial charge in [0, 0.05) is 37.7 Å². The Morgan fingerprint density at radius 3 is 2.65 bits per heavy atom. The van der Waals surface area contributed by atoms with Crippen LogP contribution in [0.4, 0.5) is 0 Å². The van der Waals surface area contributed by atoms with Crippen LogP contribution in [-0.4, -0.2) is 38.0 Å². The van der Waals surface area contributed by atoms with Crippen molar-refractivity contribution >= 4 is 0 Å². The Balaban J connectivity index is 1.62. The molecule has 0 radical (unpaired) electrons. The third kappa shape index (κ3) is 1.93. The molecule has 3 rings (SSSR count). The minimum atomic E-state index is 0.442. The van der Waals surface area contributed by atoms with Crippen LogP contribution in [0.25, 0.3) is 0 Å². The van der Waals surface area contributed by atoms with E-state index in [1.54, 1.807) is 6.20 Å². The molecule has 0 bridgehead atoms. The smallest absolute Gasteiger partial charge is 0.0790 e. The lowest BCUT2D eigenvalue weighted by Crippen LogP contribution is -2.48. The highest BCUT2D eigenvalue weighted by atomic mass is 15.5. The number of aromatic nitrogens is 4. The fourth-order valence-corrected chi connectivity index (χ4v) is 2.24. The van der Waals surface area contributed by atoms with E-state index in [9.17, 15) is 0 Å². The van der Waals surface area contributed by atoms with Crippen molar-refractivity contribution in [2.24, 2.45) is 0 Å². The van der Waals surface area contributed by atoms with E-state index in [-0.39, 0.29) is 0 Å². The normalized spacial score (nSPS) is 18.9. The Morgan fingerprint density at radius 2 is 2.00 bits per heavy atom. The van der Waals surface area contributed by atoms with Crippen molar-refractivity contribution in [2.75, 3.05) is 13.1 Å². The summed E-state index contributed by atoms with van der Waals surface area (Å²) < 4.78 is 1.94. The molecule has 5 nitrogen and oxygen atoms in total. The van der Waals surface area contributed by atoms with Crippen molar-refractivity contribution in [2.45, 2.75) is 19.0 Å². The van der Waals surface area contributed by atoms with Crippen LogP contribution in [0.1, 0.15) is 24.6 Å². The Hall–Kier alpha value is -1.75. The average molecular weight is 229 g/mol. The molecule has 0 spiro atoms. The highest BCUT2D eigenvalue weighted by Crippen LogP contribution is 2.29. The lowest BCUT2D eigenvalue weighted by molar-refractivity contribution is 0.0586. The molecule has 0 saturated carbocycles. The first kappa shape index (κ1) is 10.4. The van der Waals surface area contributed by atoms with E-state index in [1.165, 1.54) is 5.56 Å². The molecule has 2 aromatic heterocycles. The van der Waals surface area contributed by atoms with Crippen LogP contribution in [0, 0.1) is 0 Å². The van der Waals surface area contributed by atoms with E-state index in [4.69, 9.17) is 0 Å². The quantitative estimate of drug-likeness (QED) is 0.795. The Kier molecular flexibility index (Phi) is 2.60. The topological polar surface area (TPSA) is 46.8 Å². The summed E-state index contributed by atoms with van der Waals surface area (Å²) in [5, 5.41) is 7.87. The Morgan fingerprint density at radius 1 is 1.24 bits per heavy atom. The largest absolute Gasteiger partial charge is 0.292 e. The zero-order chi connectivity index (χ0) is 11.7. The lowest BCUT2D eigenvalue weighted by Gasteiger charge is -2.42. The molecule has 2 aromatic rings. The third-order valence-corrected chi connectivity index (χ3v) is 3.44. The maximum absolute atomic E-state index is 4.05. The summed E-state index contributed by atoms with van der Waals surface area (Å²) in [4.78, 5) is 6.48. The first-order valence-electron chi connectivity index (χ1n) is 5.84. The molecule has 1 atom stereocenters. The molecule has 0 aromatic carbocycles. The average Bonchev–Trinajstić information content (AvgIpc) is 2.82. The van der Waals surface area contributed by atoms with Gasteiger partial charge in [-0.1, -0.05) is 5.21 Å². The van der Waals surface area contributed by atoms with E-state index >= 15 is 0 Å². The molecule has 1 saturated heterocycles. The van der Waals surface area contributed by atoms with Gasteiger partial charge in [-0.25, -0.2) is 4.68 Å². The van der Waals surface area contributed by atoms with Crippen molar-refractivity contribution in [3.8, 4) is 0 Å². The summed E-state index contributed by atoms with van der Waals surface area (Å²) in [6.07, 6.45) is 7.36. The monoisotopic (exact) mass is 229 g/mol. The highest BCUT2D eigenvalue weighted by Gasteiger charge is 2.32. The summed E-state index contributed by atoms with van der Waals surface area (Å²) >= 11 is 0. The fourth-order valence-electron chi connectivity index (χ4n) is 2.24. The fraction of sp³-hybridized carbons (Fsp3) is 0.417. The predicted octanol–water partition coefficient (Wildman–Crippen LogP) is 1.29. The first-order valence-corrected chi connectivity index (χ1v) is 5.84. The second kappa shape index (κ2) is 4.25. The van der Waals surface area contributed by atoms with Gasteiger partial charge >= 0.3 is 0 Å². The van der Waals surface area contributed by atoms with E-state index < -0.39 is 0 Å². The van der Waals surface area contributed by atoms with Crippen LogP contribution in [0.5, 0.6) is 0 Å². The van der Waals surface area contributed by atoms with Gasteiger partial charge in [0.15, 0.2) is 0 Å². The molecule has 1 unspecified atom stereocenters. The van der Waals surface area contributed by atoms with Crippen molar-refractivity contribution < 1.29 is 0 Å². The van der Waals surface area contributed by atoms with Crippen molar-refractivity contribution in [3.63, 3.8) is 0 Å². The molecule has 0 N–H and O–H groups in total. The molecule has 88 valence electrons. The van der Waals surface area contributed by atoms with E-state index in [1.807, 2.05) is 23.3 Å². The van der Waals surface area contributed by atoms with Gasteiger partial charge in [0.2, 0.25) is 0 Å². The standard InChI is InChI=1S/C12H15N5/c1-10(11-2-4-13-5-3-11)16-8-12(9-16)17-7-6-14-15-17/h2-7,10,12H,8-9H2,1H3. The number of rotatable bonds is 3. The van der Waals surface area contributed by atoms with E-state index in [0.29, 0.717) is 12.1 Å². The van der Waals surface area contributed by atoms with Crippen LogP contribution in [-0.2, 0) is 0 Å². The zero-order valence-corrected chi connectivity index (χ0v) is 9.77. The molecule has 0 aliphatic carbocycles. The van der Waals surface area contributed by atoms with Gasteiger partial charge in [-0.3, -0.25) is 9.88 Å². The molecule has 17 heavy (non-hydrogen) atoms. The molecule has 1 aliphatic rings. The van der Waals surface area contributed by atoms with Gasteiger partial charge in [0.1, 0.15) is 0 Å². The van der Waals surface area contributed by atoms with E-state index in [0.717, 1.165) is 13.1 Å². The van der Waals surface area contributed by atoms with Crippen LogP contribution < -0.4 is 0 Å². The molecular formula is C12H15N5. The van der Waals surface area contributed by atoms with Gasteiger partial charge in [-0.05, 0) is 24.6 Å². The van der Waals surface area contributed by atoms with Crippen molar-refractivity contribution in [1.29, 1.82) is 0 Å². The summed E-state index contributed by atoms with van der Waals surface area (Å²) in [6, 6.07) is 5.07. The van der Waals surface area contributed by atoms with Crippen LogP contribution in [0.15, 0.2) is 36.9 Å². The van der Waals surface area contributed by atoms with Crippen molar-refractivity contribution in [3.05, 3.63) is 42.5 Å². The van der Waals surface area contributed by atoms with Gasteiger partial charge in [-0.15, -0.1) is 5.10 Å². The van der Waals surface area contributed by atoms with Crippen LogP contribution >= 0.6 is 0 Å². The summed E-state index contributed by atoms with van der Waals surface area (Å²) in [7, 11) is 0. The Bertz CT molecular complexity index is 461. The lowest BCUT2D eigenvalue weighted by atomic mass is 10.0. The molecule has 1 aliphatic heterocycles. The zero-order valence-electron chi connectivity index (χ0n) is 9.77.